The second kappa shape index (κ2) is 6.83. The third-order valence-electron chi connectivity index (χ3n) is 3.90. The van der Waals surface area contributed by atoms with Crippen LogP contribution in [0.5, 0.6) is 0 Å². The van der Waals surface area contributed by atoms with E-state index in [2.05, 4.69) is 5.32 Å². The van der Waals surface area contributed by atoms with Gasteiger partial charge in [0.1, 0.15) is 12.4 Å². The van der Waals surface area contributed by atoms with Crippen molar-refractivity contribution in [2.45, 2.75) is 13.0 Å². The molecule has 1 heterocycles. The van der Waals surface area contributed by atoms with Gasteiger partial charge in [-0.05, 0) is 37.3 Å². The number of nitrogens with two attached hydrogens (primary N) is 1. The zero-order valence-corrected chi connectivity index (χ0v) is 13.9. The smallest absolute Gasteiger partial charge is 0.341 e. The molecule has 7 nitrogen and oxygen atoms in total. The lowest BCUT2D eigenvalue weighted by Crippen LogP contribution is -2.47. The maximum absolute atomic E-state index is 13.1. The molecule has 1 unspecified atom stereocenters. The van der Waals surface area contributed by atoms with E-state index in [4.69, 9.17) is 10.5 Å². The van der Waals surface area contributed by atoms with Gasteiger partial charge in [-0.2, -0.15) is 0 Å². The van der Waals surface area contributed by atoms with Crippen LogP contribution >= 0.6 is 0 Å². The number of rotatable bonds is 3. The lowest BCUT2D eigenvalue weighted by atomic mass is 10.1. The Morgan fingerprint density at radius 3 is 2.73 bits per heavy atom. The summed E-state index contributed by atoms with van der Waals surface area (Å²) in [7, 11) is 0. The molecule has 1 atom stereocenters. The van der Waals surface area contributed by atoms with E-state index in [0.717, 1.165) is 12.1 Å². The number of hydrogen-bond acceptors (Lipinski definition) is 5. The maximum atomic E-state index is 13.1. The molecule has 0 saturated carbocycles. The Morgan fingerprint density at radius 1 is 1.27 bits per heavy atom. The fourth-order valence-electron chi connectivity index (χ4n) is 2.64. The van der Waals surface area contributed by atoms with Crippen LogP contribution in [0.3, 0.4) is 0 Å². The number of para-hydroxylation sites is 2. The first-order valence-corrected chi connectivity index (χ1v) is 7.83. The highest BCUT2D eigenvalue weighted by molar-refractivity contribution is 6.11. The Hall–Kier alpha value is -3.42. The fraction of sp³-hybridized carbons (Fsp3) is 0.167. The molecule has 3 N–H and O–H groups in total. The highest BCUT2D eigenvalue weighted by atomic mass is 19.1. The Labute approximate surface area is 148 Å². The normalized spacial score (nSPS) is 14.2. The number of nitrogens with zero attached hydrogens (tertiary/aromatic N) is 1. The molecule has 0 aromatic heterocycles. The summed E-state index contributed by atoms with van der Waals surface area (Å²) >= 11 is 0. The second-order valence-corrected chi connectivity index (χ2v) is 5.77. The largest absolute Gasteiger partial charge is 0.449 e. The average molecular weight is 357 g/mol. The van der Waals surface area contributed by atoms with Crippen molar-refractivity contribution in [3.8, 4) is 0 Å². The minimum Gasteiger partial charge on any atom is -0.449 e. The van der Waals surface area contributed by atoms with Gasteiger partial charge in [-0.1, -0.05) is 12.1 Å². The number of carbonyl (C=O) groups excluding carboxylic acids is 3. The number of hydrogen-bond donors (Lipinski definition) is 2. The van der Waals surface area contributed by atoms with E-state index in [1.54, 1.807) is 24.3 Å². The molecule has 0 aliphatic carbocycles. The number of carbonyl (C=O) groups is 3. The van der Waals surface area contributed by atoms with Gasteiger partial charge in [0.2, 0.25) is 5.91 Å². The molecule has 8 heteroatoms. The number of nitrogens with one attached hydrogen (secondary N) is 1. The van der Waals surface area contributed by atoms with Crippen molar-refractivity contribution < 1.29 is 23.5 Å². The molecule has 2 aromatic rings. The molecule has 1 aliphatic heterocycles. The number of fused-ring (bicyclic) bond motifs is 1. The summed E-state index contributed by atoms with van der Waals surface area (Å²) < 4.78 is 18.2. The van der Waals surface area contributed by atoms with Crippen molar-refractivity contribution in [3.63, 3.8) is 0 Å². The number of nitrogen functional groups attached to an aromatic ring is 1. The van der Waals surface area contributed by atoms with Gasteiger partial charge in [0.25, 0.3) is 5.91 Å². The standard InChI is InChI=1S/C18H16FN3O4/c1-10(26-18(25)12-7-6-11(19)8-13(12)20)17(24)22-9-16(23)21-14-4-2-3-5-15(14)22/h2-8,10H,9,20H2,1H3,(H,21,23). The molecule has 2 aromatic carbocycles. The van der Waals surface area contributed by atoms with Crippen LogP contribution in [0, 0.1) is 5.82 Å². The van der Waals surface area contributed by atoms with E-state index in [1.807, 2.05) is 0 Å². The number of esters is 1. The van der Waals surface area contributed by atoms with Crippen LogP contribution in [-0.4, -0.2) is 30.4 Å². The van der Waals surface area contributed by atoms with Crippen molar-refractivity contribution >= 4 is 34.8 Å². The van der Waals surface area contributed by atoms with E-state index in [9.17, 15) is 18.8 Å². The SMILES string of the molecule is CC(OC(=O)c1ccc(F)cc1N)C(=O)N1CC(=O)Nc2ccccc21. The molecule has 0 bridgehead atoms. The van der Waals surface area contributed by atoms with Crippen LogP contribution in [0.25, 0.3) is 0 Å². The number of anilines is 3. The fourth-order valence-corrected chi connectivity index (χ4v) is 2.64. The van der Waals surface area contributed by atoms with Crippen LogP contribution in [-0.2, 0) is 14.3 Å². The van der Waals surface area contributed by atoms with Gasteiger partial charge in [-0.15, -0.1) is 0 Å². The predicted octanol–water partition coefficient (Wildman–Crippen LogP) is 1.94. The Balaban J connectivity index is 1.78. The molecular weight excluding hydrogens is 341 g/mol. The molecule has 2 amide bonds. The summed E-state index contributed by atoms with van der Waals surface area (Å²) in [6.07, 6.45) is -1.16. The highest BCUT2D eigenvalue weighted by Gasteiger charge is 2.31. The van der Waals surface area contributed by atoms with Crippen LogP contribution in [0.15, 0.2) is 42.5 Å². The number of halogens is 1. The van der Waals surface area contributed by atoms with Gasteiger partial charge in [0.05, 0.1) is 16.9 Å². The third kappa shape index (κ3) is 3.34. The molecule has 0 saturated heterocycles. The molecule has 3 rings (SSSR count). The molecule has 0 fully saturated rings. The molecule has 1 aliphatic rings. The van der Waals surface area contributed by atoms with Gasteiger partial charge >= 0.3 is 5.97 Å². The van der Waals surface area contributed by atoms with E-state index in [1.165, 1.54) is 17.9 Å². The second-order valence-electron chi connectivity index (χ2n) is 5.77. The first-order chi connectivity index (χ1) is 12.4. The number of amides is 2. The topological polar surface area (TPSA) is 102 Å². The van der Waals surface area contributed by atoms with Crippen molar-refractivity contribution in [1.29, 1.82) is 0 Å². The van der Waals surface area contributed by atoms with Crippen LogP contribution < -0.4 is 16.0 Å². The third-order valence-corrected chi connectivity index (χ3v) is 3.90. The minimum absolute atomic E-state index is 0.0390. The number of benzene rings is 2. The van der Waals surface area contributed by atoms with E-state index in [-0.39, 0.29) is 23.7 Å². The quantitative estimate of drug-likeness (QED) is 0.646. The first kappa shape index (κ1) is 17.4. The number of ether oxygens (including phenoxy) is 1. The van der Waals surface area contributed by atoms with Crippen molar-refractivity contribution in [3.05, 3.63) is 53.8 Å². The van der Waals surface area contributed by atoms with Crippen LogP contribution in [0.4, 0.5) is 21.5 Å². The zero-order chi connectivity index (χ0) is 18.8. The monoisotopic (exact) mass is 357 g/mol. The van der Waals surface area contributed by atoms with Gasteiger partial charge in [-0.25, -0.2) is 9.18 Å². The van der Waals surface area contributed by atoms with Gasteiger partial charge < -0.3 is 15.8 Å². The summed E-state index contributed by atoms with van der Waals surface area (Å²) in [5, 5.41) is 2.67. The predicted molar refractivity (Wildman–Crippen MR) is 93.1 cm³/mol. The van der Waals surface area contributed by atoms with Crippen molar-refractivity contribution in [2.75, 3.05) is 22.5 Å². The molecule has 0 spiro atoms. The Morgan fingerprint density at radius 2 is 2.00 bits per heavy atom. The van der Waals surface area contributed by atoms with Crippen LogP contribution in [0.2, 0.25) is 0 Å². The lowest BCUT2D eigenvalue weighted by molar-refractivity contribution is -0.128. The summed E-state index contributed by atoms with van der Waals surface area (Å²) in [5.74, 6) is -2.34. The molecule has 26 heavy (non-hydrogen) atoms. The molecule has 0 radical (unpaired) electrons. The first-order valence-electron chi connectivity index (χ1n) is 7.83. The van der Waals surface area contributed by atoms with Crippen LogP contribution in [0.1, 0.15) is 17.3 Å². The van der Waals surface area contributed by atoms with Crippen molar-refractivity contribution in [2.24, 2.45) is 0 Å². The maximum Gasteiger partial charge on any atom is 0.341 e. The van der Waals surface area contributed by atoms with Gasteiger partial charge in [0.15, 0.2) is 6.10 Å². The average Bonchev–Trinajstić information content (AvgIpc) is 2.60. The van der Waals surface area contributed by atoms with E-state index < -0.39 is 23.8 Å². The lowest BCUT2D eigenvalue weighted by Gasteiger charge is -2.30. The minimum atomic E-state index is -1.16. The summed E-state index contributed by atoms with van der Waals surface area (Å²) in [6.45, 7) is 1.21. The van der Waals surface area contributed by atoms with Crippen molar-refractivity contribution in [1.82, 2.24) is 0 Å². The molecular formula is C18H16FN3O4. The Bertz CT molecular complexity index is 900. The van der Waals surface area contributed by atoms with Gasteiger partial charge in [0, 0.05) is 5.69 Å². The molecule has 134 valence electrons. The summed E-state index contributed by atoms with van der Waals surface area (Å²) in [4.78, 5) is 38.0. The van der Waals surface area contributed by atoms with E-state index in [0.29, 0.717) is 11.4 Å². The summed E-state index contributed by atoms with van der Waals surface area (Å²) in [6, 6.07) is 10.1. The zero-order valence-electron chi connectivity index (χ0n) is 13.9. The Kier molecular flexibility index (Phi) is 4.57. The van der Waals surface area contributed by atoms with Gasteiger partial charge in [-0.3, -0.25) is 14.5 Å². The van der Waals surface area contributed by atoms with E-state index >= 15 is 0 Å². The summed E-state index contributed by atoms with van der Waals surface area (Å²) in [5.41, 5.74) is 6.50. The highest BCUT2D eigenvalue weighted by Crippen LogP contribution is 2.29.